The predicted molar refractivity (Wildman–Crippen MR) is 38.0 cm³/mol. The Morgan fingerprint density at radius 1 is 1.75 bits per heavy atom. The maximum Gasteiger partial charge on any atom is 0.360 e. The monoisotopic (exact) mass is 170 g/mol. The van der Waals surface area contributed by atoms with Crippen LogP contribution in [0.2, 0.25) is 0 Å². The number of aromatic nitrogens is 2. The molecule has 0 aromatic carbocycles. The van der Waals surface area contributed by atoms with Gasteiger partial charge in [0.1, 0.15) is 7.11 Å². The second-order valence-electron chi connectivity index (χ2n) is 1.92. The van der Waals surface area contributed by atoms with Gasteiger partial charge < -0.3 is 9.94 Å². The maximum atomic E-state index is 10.8. The van der Waals surface area contributed by atoms with E-state index in [4.69, 9.17) is 5.11 Å². The third kappa shape index (κ3) is 1.42. The Labute approximate surface area is 67.0 Å². The van der Waals surface area contributed by atoms with Crippen LogP contribution in [0.4, 0.5) is 0 Å². The zero-order valence-electron chi connectivity index (χ0n) is 6.22. The van der Waals surface area contributed by atoms with Gasteiger partial charge in [-0.1, -0.05) is 0 Å². The van der Waals surface area contributed by atoms with E-state index in [9.17, 15) is 9.59 Å². The van der Waals surface area contributed by atoms with E-state index in [0.29, 0.717) is 0 Å². The van der Waals surface area contributed by atoms with Crippen LogP contribution in [0.15, 0.2) is 17.1 Å². The number of carboxylic acids is 1. The molecule has 0 saturated carbocycles. The van der Waals surface area contributed by atoms with E-state index in [1.54, 1.807) is 0 Å². The third-order valence-corrected chi connectivity index (χ3v) is 1.18. The standard InChI is InChI=1S/C6H6N2O4/c1-12-8-3-2-4(9)5(7-8)6(10)11/h2-3H,1H3,(H,10,11). The molecule has 6 heteroatoms. The van der Waals surface area contributed by atoms with Gasteiger partial charge in [-0.25, -0.2) is 4.79 Å². The van der Waals surface area contributed by atoms with Crippen molar-refractivity contribution in [2.24, 2.45) is 0 Å². The minimum atomic E-state index is -1.37. The van der Waals surface area contributed by atoms with Crippen molar-refractivity contribution in [1.82, 2.24) is 9.94 Å². The van der Waals surface area contributed by atoms with Gasteiger partial charge in [-0.15, -0.1) is 9.94 Å². The smallest absolute Gasteiger partial charge is 0.360 e. The number of hydrogen-bond acceptors (Lipinski definition) is 4. The highest BCUT2D eigenvalue weighted by Crippen LogP contribution is 1.83. The van der Waals surface area contributed by atoms with Crippen LogP contribution < -0.4 is 10.3 Å². The van der Waals surface area contributed by atoms with Gasteiger partial charge in [-0.3, -0.25) is 4.79 Å². The van der Waals surface area contributed by atoms with Crippen molar-refractivity contribution in [1.29, 1.82) is 0 Å². The molecule has 0 aliphatic carbocycles. The lowest BCUT2D eigenvalue weighted by molar-refractivity contribution is 0.0666. The number of hydrogen-bond donors (Lipinski definition) is 1. The molecule has 0 aliphatic heterocycles. The number of rotatable bonds is 2. The largest absolute Gasteiger partial charge is 0.476 e. The number of carboxylic acid groups (broad SMARTS) is 1. The lowest BCUT2D eigenvalue weighted by Crippen LogP contribution is -2.23. The molecular weight excluding hydrogens is 164 g/mol. The first-order valence-corrected chi connectivity index (χ1v) is 3.03. The SMILES string of the molecule is COn1ccc(=O)c(C(=O)O)n1. The molecule has 0 spiro atoms. The average molecular weight is 170 g/mol. The van der Waals surface area contributed by atoms with E-state index in [0.717, 1.165) is 10.9 Å². The summed E-state index contributed by atoms with van der Waals surface area (Å²) >= 11 is 0. The van der Waals surface area contributed by atoms with Crippen LogP contribution in [0.5, 0.6) is 0 Å². The number of carbonyl (C=O) groups is 1. The Hall–Kier alpha value is -1.85. The fourth-order valence-electron chi connectivity index (χ4n) is 0.641. The van der Waals surface area contributed by atoms with E-state index in [-0.39, 0.29) is 0 Å². The van der Waals surface area contributed by atoms with Crippen LogP contribution in [-0.2, 0) is 0 Å². The zero-order valence-corrected chi connectivity index (χ0v) is 6.22. The van der Waals surface area contributed by atoms with Gasteiger partial charge >= 0.3 is 5.97 Å². The third-order valence-electron chi connectivity index (χ3n) is 1.18. The van der Waals surface area contributed by atoms with E-state index in [1.807, 2.05) is 0 Å². The molecule has 0 saturated heterocycles. The molecule has 0 fully saturated rings. The Balaban J connectivity index is 3.26. The van der Waals surface area contributed by atoms with Crippen LogP contribution in [0, 0.1) is 0 Å². The highest BCUT2D eigenvalue weighted by atomic mass is 16.7. The molecular formula is C6H6N2O4. The van der Waals surface area contributed by atoms with Gasteiger partial charge in [-0.05, 0) is 0 Å². The molecule has 1 aromatic heterocycles. The van der Waals surface area contributed by atoms with Crippen LogP contribution in [-0.4, -0.2) is 28.1 Å². The van der Waals surface area contributed by atoms with Gasteiger partial charge in [0.05, 0.1) is 6.20 Å². The fraction of sp³-hybridized carbons (Fsp3) is 0.167. The first-order valence-electron chi connectivity index (χ1n) is 3.03. The lowest BCUT2D eigenvalue weighted by Gasteiger charge is -2.00. The highest BCUT2D eigenvalue weighted by Gasteiger charge is 2.10. The van der Waals surface area contributed by atoms with Crippen molar-refractivity contribution < 1.29 is 14.7 Å². The van der Waals surface area contributed by atoms with E-state index in [2.05, 4.69) is 9.94 Å². The summed E-state index contributed by atoms with van der Waals surface area (Å²) in [7, 11) is 1.31. The maximum absolute atomic E-state index is 10.8. The molecule has 0 bridgehead atoms. The summed E-state index contributed by atoms with van der Waals surface area (Å²) in [6.45, 7) is 0. The summed E-state index contributed by atoms with van der Waals surface area (Å²) in [5, 5.41) is 11.8. The lowest BCUT2D eigenvalue weighted by atomic mass is 10.4. The second-order valence-corrected chi connectivity index (χ2v) is 1.92. The average Bonchev–Trinajstić information content (AvgIpc) is 2.05. The molecule has 0 atom stereocenters. The molecule has 0 unspecified atom stereocenters. The van der Waals surface area contributed by atoms with Crippen LogP contribution in [0.1, 0.15) is 10.5 Å². The predicted octanol–water partition coefficient (Wildman–Crippen LogP) is -1.00. The summed E-state index contributed by atoms with van der Waals surface area (Å²) in [5.41, 5.74) is -1.20. The van der Waals surface area contributed by atoms with E-state index < -0.39 is 17.1 Å². The van der Waals surface area contributed by atoms with Gasteiger partial charge in [0, 0.05) is 6.07 Å². The summed E-state index contributed by atoms with van der Waals surface area (Å²) in [5.74, 6) is -1.37. The Morgan fingerprint density at radius 2 is 2.42 bits per heavy atom. The molecule has 1 heterocycles. The minimum absolute atomic E-state index is 0.556. The molecule has 1 aromatic rings. The number of nitrogens with zero attached hydrogens (tertiary/aromatic N) is 2. The van der Waals surface area contributed by atoms with Gasteiger partial charge in [0.15, 0.2) is 0 Å². The molecule has 0 aliphatic rings. The summed E-state index contributed by atoms with van der Waals surface area (Å²) in [6.07, 6.45) is 1.23. The minimum Gasteiger partial charge on any atom is -0.476 e. The molecule has 64 valence electrons. The van der Waals surface area contributed by atoms with Crippen LogP contribution >= 0.6 is 0 Å². The molecule has 0 radical (unpaired) electrons. The zero-order chi connectivity index (χ0) is 9.14. The molecule has 12 heavy (non-hydrogen) atoms. The van der Waals surface area contributed by atoms with Crippen molar-refractivity contribution in [2.45, 2.75) is 0 Å². The molecule has 1 rings (SSSR count). The fourth-order valence-corrected chi connectivity index (χ4v) is 0.641. The van der Waals surface area contributed by atoms with Crippen molar-refractivity contribution in [3.8, 4) is 0 Å². The van der Waals surface area contributed by atoms with Crippen molar-refractivity contribution in [3.05, 3.63) is 28.2 Å². The summed E-state index contributed by atoms with van der Waals surface area (Å²) in [6, 6.07) is 1.07. The van der Waals surface area contributed by atoms with Gasteiger partial charge in [-0.2, -0.15) is 0 Å². The van der Waals surface area contributed by atoms with Crippen molar-refractivity contribution in [3.63, 3.8) is 0 Å². The second kappa shape index (κ2) is 3.04. The van der Waals surface area contributed by atoms with E-state index >= 15 is 0 Å². The van der Waals surface area contributed by atoms with Crippen LogP contribution in [0.25, 0.3) is 0 Å². The molecule has 1 N–H and O–H groups in total. The normalized spacial score (nSPS) is 9.42. The topological polar surface area (TPSA) is 81.4 Å². The van der Waals surface area contributed by atoms with Gasteiger partial charge in [0.2, 0.25) is 11.1 Å². The Morgan fingerprint density at radius 3 is 2.92 bits per heavy atom. The Kier molecular flexibility index (Phi) is 2.09. The van der Waals surface area contributed by atoms with Crippen LogP contribution in [0.3, 0.4) is 0 Å². The molecule has 6 nitrogen and oxygen atoms in total. The van der Waals surface area contributed by atoms with E-state index in [1.165, 1.54) is 13.3 Å². The summed E-state index contributed by atoms with van der Waals surface area (Å²) < 4.78 is 0. The summed E-state index contributed by atoms with van der Waals surface area (Å²) in [4.78, 5) is 26.6. The Bertz CT molecular complexity index is 357. The van der Waals surface area contributed by atoms with Crippen molar-refractivity contribution >= 4 is 5.97 Å². The quantitative estimate of drug-likeness (QED) is 0.615. The number of aromatic carboxylic acids is 1. The highest BCUT2D eigenvalue weighted by molar-refractivity contribution is 5.84. The van der Waals surface area contributed by atoms with Crippen molar-refractivity contribution in [2.75, 3.05) is 7.11 Å². The first kappa shape index (κ1) is 8.25. The van der Waals surface area contributed by atoms with Gasteiger partial charge in [0.25, 0.3) is 0 Å². The molecule has 0 amide bonds. The first-order chi connectivity index (χ1) is 5.65.